The number of H-pyrrole nitrogens is 1. The number of aromatic amines is 1. The highest BCUT2D eigenvalue weighted by atomic mass is 32.1. The summed E-state index contributed by atoms with van der Waals surface area (Å²) in [6.45, 7) is 2.34. The van der Waals surface area contributed by atoms with Crippen molar-refractivity contribution in [1.29, 1.82) is 0 Å². The summed E-state index contributed by atoms with van der Waals surface area (Å²) in [6.07, 6.45) is 5.62. The summed E-state index contributed by atoms with van der Waals surface area (Å²) < 4.78 is 1.17. The maximum Gasteiger partial charge on any atom is 0.255 e. The second-order valence-electron chi connectivity index (χ2n) is 7.69. The lowest BCUT2D eigenvalue weighted by atomic mass is 10.1. The third-order valence-electron chi connectivity index (χ3n) is 6.07. The molecule has 1 amide bonds. The minimum Gasteiger partial charge on any atom is -0.352 e. The molecule has 1 spiro atoms. The summed E-state index contributed by atoms with van der Waals surface area (Å²) >= 11 is 1.65. The fourth-order valence-electron chi connectivity index (χ4n) is 4.45. The SMILES string of the molecule is O=C(c1csc2ccccc12)N1CCN(c2ncnc3[nH]ccc23)CC12CC2. The Kier molecular flexibility index (Phi) is 3.32. The van der Waals surface area contributed by atoms with Crippen LogP contribution in [0.2, 0.25) is 0 Å². The average molecular weight is 389 g/mol. The Morgan fingerprint density at radius 1 is 1.11 bits per heavy atom. The molecule has 140 valence electrons. The molecular weight excluding hydrogens is 370 g/mol. The van der Waals surface area contributed by atoms with Crippen LogP contribution in [0, 0.1) is 0 Å². The fourth-order valence-corrected chi connectivity index (χ4v) is 5.38. The van der Waals surface area contributed by atoms with Crippen LogP contribution in [0.5, 0.6) is 0 Å². The lowest BCUT2D eigenvalue weighted by Gasteiger charge is -2.42. The van der Waals surface area contributed by atoms with Crippen molar-refractivity contribution in [2.75, 3.05) is 24.5 Å². The first-order valence-corrected chi connectivity index (χ1v) is 10.4. The number of aromatic nitrogens is 3. The van der Waals surface area contributed by atoms with Gasteiger partial charge in [-0.1, -0.05) is 18.2 Å². The van der Waals surface area contributed by atoms with Crippen LogP contribution in [-0.4, -0.2) is 50.9 Å². The van der Waals surface area contributed by atoms with Crippen LogP contribution in [0.3, 0.4) is 0 Å². The van der Waals surface area contributed by atoms with Gasteiger partial charge >= 0.3 is 0 Å². The van der Waals surface area contributed by atoms with E-state index in [1.54, 1.807) is 17.7 Å². The minimum atomic E-state index is -0.0635. The quantitative estimate of drug-likeness (QED) is 0.568. The lowest BCUT2D eigenvalue weighted by Crippen LogP contribution is -2.57. The molecule has 2 fully saturated rings. The zero-order valence-electron chi connectivity index (χ0n) is 15.3. The van der Waals surface area contributed by atoms with E-state index in [0.717, 1.165) is 60.3 Å². The van der Waals surface area contributed by atoms with Gasteiger partial charge in [-0.25, -0.2) is 9.97 Å². The highest BCUT2D eigenvalue weighted by Gasteiger charge is 2.53. The largest absolute Gasteiger partial charge is 0.352 e. The van der Waals surface area contributed by atoms with Gasteiger partial charge < -0.3 is 14.8 Å². The van der Waals surface area contributed by atoms with Crippen molar-refractivity contribution in [3.05, 3.63) is 53.8 Å². The summed E-state index contributed by atoms with van der Waals surface area (Å²) in [4.78, 5) is 29.9. The monoisotopic (exact) mass is 389 g/mol. The molecule has 4 aromatic rings. The fraction of sp³-hybridized carbons (Fsp3) is 0.286. The first kappa shape index (κ1) is 16.1. The van der Waals surface area contributed by atoms with Gasteiger partial charge in [-0.3, -0.25) is 4.79 Å². The summed E-state index contributed by atoms with van der Waals surface area (Å²) in [5, 5.41) is 4.13. The Balaban J connectivity index is 1.32. The Bertz CT molecular complexity index is 1210. The van der Waals surface area contributed by atoms with Crippen molar-refractivity contribution in [2.45, 2.75) is 18.4 Å². The normalized spacial score (nSPS) is 18.3. The van der Waals surface area contributed by atoms with Crippen LogP contribution < -0.4 is 4.90 Å². The molecule has 1 aromatic carbocycles. The molecule has 3 aromatic heterocycles. The molecule has 0 atom stereocenters. The van der Waals surface area contributed by atoms with E-state index < -0.39 is 0 Å². The zero-order chi connectivity index (χ0) is 18.7. The maximum absolute atomic E-state index is 13.4. The number of nitrogens with zero attached hydrogens (tertiary/aromatic N) is 4. The molecule has 6 nitrogen and oxygen atoms in total. The third-order valence-corrected chi connectivity index (χ3v) is 7.03. The maximum atomic E-state index is 13.4. The van der Waals surface area contributed by atoms with E-state index in [4.69, 9.17) is 0 Å². The van der Waals surface area contributed by atoms with Crippen molar-refractivity contribution < 1.29 is 4.79 Å². The molecule has 1 saturated heterocycles. The van der Waals surface area contributed by atoms with Gasteiger partial charge in [0.15, 0.2) is 0 Å². The van der Waals surface area contributed by atoms with Gasteiger partial charge in [0.1, 0.15) is 17.8 Å². The molecule has 2 aliphatic rings. The summed E-state index contributed by atoms with van der Waals surface area (Å²) in [5.74, 6) is 1.13. The predicted octanol–water partition coefficient (Wildman–Crippen LogP) is 3.67. The molecule has 7 heteroatoms. The topological polar surface area (TPSA) is 65.1 Å². The smallest absolute Gasteiger partial charge is 0.255 e. The summed E-state index contributed by atoms with van der Waals surface area (Å²) in [6, 6.07) is 10.2. The molecule has 0 unspecified atom stereocenters. The van der Waals surface area contributed by atoms with E-state index in [2.05, 4.69) is 36.9 Å². The van der Waals surface area contributed by atoms with Crippen molar-refractivity contribution in [2.24, 2.45) is 0 Å². The second kappa shape index (κ2) is 5.78. The van der Waals surface area contributed by atoms with E-state index in [1.165, 1.54) is 4.70 Å². The number of amides is 1. The number of rotatable bonds is 2. The highest BCUT2D eigenvalue weighted by molar-refractivity contribution is 7.17. The van der Waals surface area contributed by atoms with Crippen molar-refractivity contribution >= 4 is 44.2 Å². The Morgan fingerprint density at radius 3 is 2.89 bits per heavy atom. The van der Waals surface area contributed by atoms with Gasteiger partial charge in [0, 0.05) is 41.3 Å². The Morgan fingerprint density at radius 2 is 2.00 bits per heavy atom. The third kappa shape index (κ3) is 2.29. The van der Waals surface area contributed by atoms with Crippen molar-refractivity contribution in [3.63, 3.8) is 0 Å². The number of thiophene rings is 1. The number of hydrogen-bond acceptors (Lipinski definition) is 5. The van der Waals surface area contributed by atoms with Crippen LogP contribution >= 0.6 is 11.3 Å². The molecule has 1 N–H and O–H groups in total. The number of benzene rings is 1. The molecule has 0 radical (unpaired) electrons. The predicted molar refractivity (Wildman–Crippen MR) is 111 cm³/mol. The molecule has 0 bridgehead atoms. The van der Waals surface area contributed by atoms with E-state index >= 15 is 0 Å². The molecule has 1 saturated carbocycles. The molecule has 28 heavy (non-hydrogen) atoms. The average Bonchev–Trinajstić information content (AvgIpc) is 3.16. The highest BCUT2D eigenvalue weighted by Crippen LogP contribution is 2.46. The summed E-state index contributed by atoms with van der Waals surface area (Å²) in [5.41, 5.74) is 1.64. The summed E-state index contributed by atoms with van der Waals surface area (Å²) in [7, 11) is 0. The standard InChI is InChI=1S/C21H19N5OS/c27-20(16-11-28-17-4-2-1-3-14(16)17)26-10-9-25(12-21(26)6-7-21)19-15-5-8-22-18(15)23-13-24-19/h1-5,8,11,13H,6-7,9-10,12H2,(H,22,23,24). The van der Waals surface area contributed by atoms with E-state index in [1.807, 2.05) is 29.8 Å². The van der Waals surface area contributed by atoms with Crippen LogP contribution in [0.1, 0.15) is 23.2 Å². The Labute approximate surface area is 165 Å². The van der Waals surface area contributed by atoms with Crippen LogP contribution in [0.4, 0.5) is 5.82 Å². The van der Waals surface area contributed by atoms with Crippen molar-refractivity contribution in [1.82, 2.24) is 19.9 Å². The second-order valence-corrected chi connectivity index (χ2v) is 8.60. The van der Waals surface area contributed by atoms with Gasteiger partial charge in [0.25, 0.3) is 5.91 Å². The first-order chi connectivity index (χ1) is 13.8. The number of anilines is 1. The van der Waals surface area contributed by atoms with Gasteiger partial charge in [0.05, 0.1) is 16.5 Å². The Hall–Kier alpha value is -2.93. The van der Waals surface area contributed by atoms with E-state index in [-0.39, 0.29) is 11.4 Å². The van der Waals surface area contributed by atoms with Gasteiger partial charge in [-0.15, -0.1) is 11.3 Å². The number of fused-ring (bicyclic) bond motifs is 2. The molecular formula is C21H19N5OS. The molecule has 1 aliphatic heterocycles. The number of carbonyl (C=O) groups excluding carboxylic acids is 1. The van der Waals surface area contributed by atoms with Crippen LogP contribution in [0.25, 0.3) is 21.1 Å². The van der Waals surface area contributed by atoms with Crippen molar-refractivity contribution in [3.8, 4) is 0 Å². The van der Waals surface area contributed by atoms with Crippen LogP contribution in [-0.2, 0) is 0 Å². The van der Waals surface area contributed by atoms with Crippen LogP contribution in [0.15, 0.2) is 48.2 Å². The minimum absolute atomic E-state index is 0.0635. The molecule has 1 aliphatic carbocycles. The number of carbonyl (C=O) groups is 1. The first-order valence-electron chi connectivity index (χ1n) is 9.56. The number of piperazine rings is 1. The lowest BCUT2D eigenvalue weighted by molar-refractivity contribution is 0.0627. The van der Waals surface area contributed by atoms with E-state index in [9.17, 15) is 4.79 Å². The van der Waals surface area contributed by atoms with Gasteiger partial charge in [-0.2, -0.15) is 0 Å². The van der Waals surface area contributed by atoms with E-state index in [0.29, 0.717) is 0 Å². The number of nitrogens with one attached hydrogen (secondary N) is 1. The van der Waals surface area contributed by atoms with Gasteiger partial charge in [-0.05, 0) is 25.0 Å². The molecule has 4 heterocycles. The van der Waals surface area contributed by atoms with Gasteiger partial charge in [0.2, 0.25) is 0 Å². The number of hydrogen-bond donors (Lipinski definition) is 1. The molecule has 6 rings (SSSR count). The zero-order valence-corrected chi connectivity index (χ0v) is 16.1.